The molecule has 1 amide bonds. The van der Waals surface area contributed by atoms with Gasteiger partial charge in [0, 0.05) is 23.0 Å². The summed E-state index contributed by atoms with van der Waals surface area (Å²) in [4.78, 5) is 40.4. The number of carboxylic acids is 1. The second-order valence-electron chi connectivity index (χ2n) is 5.42. The van der Waals surface area contributed by atoms with Crippen LogP contribution in [0.25, 0.3) is 0 Å². The van der Waals surface area contributed by atoms with E-state index in [9.17, 15) is 14.4 Å². The molecule has 0 spiro atoms. The van der Waals surface area contributed by atoms with Crippen molar-refractivity contribution in [3.8, 4) is 0 Å². The molecule has 0 radical (unpaired) electrons. The van der Waals surface area contributed by atoms with Crippen LogP contribution in [0, 0.1) is 19.8 Å². The number of nitrogens with one attached hydrogen (secondary N) is 2. The van der Waals surface area contributed by atoms with Crippen molar-refractivity contribution in [1.82, 2.24) is 15.3 Å². The Kier molecular flexibility index (Phi) is 5.63. The summed E-state index contributed by atoms with van der Waals surface area (Å²) in [6, 6.07) is -0.425. The highest BCUT2D eigenvalue weighted by atomic mass is 16.4. The van der Waals surface area contributed by atoms with Crippen molar-refractivity contribution in [2.45, 2.75) is 46.6 Å². The predicted molar refractivity (Wildman–Crippen MR) is 77.1 cm³/mol. The van der Waals surface area contributed by atoms with Crippen molar-refractivity contribution < 1.29 is 14.7 Å². The first-order chi connectivity index (χ1) is 9.70. The van der Waals surface area contributed by atoms with Gasteiger partial charge in [-0.25, -0.2) is 4.79 Å². The maximum Gasteiger partial charge on any atom is 0.345 e. The van der Waals surface area contributed by atoms with E-state index in [2.05, 4.69) is 15.3 Å². The lowest BCUT2D eigenvalue weighted by molar-refractivity contribution is -0.138. The fourth-order valence-corrected chi connectivity index (χ4v) is 2.08. The molecule has 1 rings (SSSR count). The quantitative estimate of drug-likeness (QED) is 0.709. The Hall–Kier alpha value is -2.18. The lowest BCUT2D eigenvalue weighted by atomic mass is 10.00. The van der Waals surface area contributed by atoms with E-state index in [-0.39, 0.29) is 24.7 Å². The topological polar surface area (TPSA) is 112 Å². The molecule has 0 aliphatic rings. The highest BCUT2D eigenvalue weighted by Crippen LogP contribution is 2.10. The minimum Gasteiger partial charge on any atom is -0.481 e. The molecule has 0 saturated carbocycles. The zero-order valence-electron chi connectivity index (χ0n) is 12.7. The molecule has 1 aromatic rings. The third-order valence-electron chi connectivity index (χ3n) is 3.34. The van der Waals surface area contributed by atoms with Crippen LogP contribution in [0.2, 0.25) is 0 Å². The van der Waals surface area contributed by atoms with Crippen molar-refractivity contribution in [3.63, 3.8) is 0 Å². The van der Waals surface area contributed by atoms with Gasteiger partial charge in [-0.2, -0.15) is 4.98 Å². The van der Waals surface area contributed by atoms with Gasteiger partial charge >= 0.3 is 11.7 Å². The largest absolute Gasteiger partial charge is 0.481 e. The van der Waals surface area contributed by atoms with E-state index in [4.69, 9.17) is 5.11 Å². The van der Waals surface area contributed by atoms with Gasteiger partial charge in [-0.1, -0.05) is 13.8 Å². The second-order valence-corrected chi connectivity index (χ2v) is 5.42. The van der Waals surface area contributed by atoms with Gasteiger partial charge in [0.1, 0.15) is 0 Å². The van der Waals surface area contributed by atoms with Crippen molar-refractivity contribution >= 4 is 11.9 Å². The van der Waals surface area contributed by atoms with Crippen LogP contribution in [-0.4, -0.2) is 33.0 Å². The Morgan fingerprint density at radius 2 is 1.95 bits per heavy atom. The first-order valence-corrected chi connectivity index (χ1v) is 6.78. The average Bonchev–Trinajstić information content (AvgIpc) is 2.32. The highest BCUT2D eigenvalue weighted by Gasteiger charge is 2.20. The molecule has 0 fully saturated rings. The van der Waals surface area contributed by atoms with Crippen LogP contribution in [0.4, 0.5) is 0 Å². The molecule has 1 unspecified atom stereocenters. The van der Waals surface area contributed by atoms with Crippen LogP contribution in [-0.2, 0) is 16.0 Å². The highest BCUT2D eigenvalue weighted by molar-refractivity contribution is 5.80. The number of hydrogen-bond donors (Lipinski definition) is 3. The minimum absolute atomic E-state index is 0.0148. The number of hydrogen-bond acceptors (Lipinski definition) is 4. The molecule has 7 heteroatoms. The van der Waals surface area contributed by atoms with Crippen LogP contribution in [0.3, 0.4) is 0 Å². The molecule has 1 atom stereocenters. The van der Waals surface area contributed by atoms with Gasteiger partial charge in [0.2, 0.25) is 5.91 Å². The van der Waals surface area contributed by atoms with Gasteiger partial charge in [-0.05, 0) is 19.8 Å². The molecule has 0 aliphatic heterocycles. The molecule has 0 saturated heterocycles. The van der Waals surface area contributed by atoms with Crippen molar-refractivity contribution in [2.75, 3.05) is 0 Å². The minimum atomic E-state index is -0.952. The normalized spacial score (nSPS) is 12.2. The number of carbonyl (C=O) groups excluding carboxylic acids is 1. The molecule has 1 aromatic heterocycles. The fourth-order valence-electron chi connectivity index (χ4n) is 2.08. The summed E-state index contributed by atoms with van der Waals surface area (Å²) < 4.78 is 0. The van der Waals surface area contributed by atoms with Gasteiger partial charge in [0.05, 0.1) is 12.8 Å². The van der Waals surface area contributed by atoms with E-state index in [1.807, 2.05) is 13.8 Å². The van der Waals surface area contributed by atoms with Gasteiger partial charge in [-0.3, -0.25) is 9.59 Å². The maximum atomic E-state index is 12.1. The lowest BCUT2D eigenvalue weighted by Crippen LogP contribution is -2.41. The molecule has 3 N–H and O–H groups in total. The smallest absolute Gasteiger partial charge is 0.345 e. The van der Waals surface area contributed by atoms with Crippen LogP contribution >= 0.6 is 0 Å². The first kappa shape index (κ1) is 16.9. The van der Waals surface area contributed by atoms with Gasteiger partial charge in [-0.15, -0.1) is 0 Å². The number of aromatic amines is 1. The molecular formula is C14H21N3O4. The fraction of sp³-hybridized carbons (Fsp3) is 0.571. The lowest BCUT2D eigenvalue weighted by Gasteiger charge is -2.21. The summed E-state index contributed by atoms with van der Waals surface area (Å²) in [5.74, 6) is -1.22. The Morgan fingerprint density at radius 3 is 2.43 bits per heavy atom. The van der Waals surface area contributed by atoms with E-state index in [0.717, 1.165) is 0 Å². The number of aliphatic carboxylic acids is 1. The SMILES string of the molecule is Cc1nc(=O)[nH]c(C)c1CC(=O)NC(CC(=O)O)C(C)C. The van der Waals surface area contributed by atoms with E-state index in [1.54, 1.807) is 13.8 Å². The molecule has 0 aromatic carbocycles. The van der Waals surface area contributed by atoms with E-state index >= 15 is 0 Å². The summed E-state index contributed by atoms with van der Waals surface area (Å²) in [5.41, 5.74) is 1.32. The molecule has 0 aliphatic carbocycles. The van der Waals surface area contributed by atoms with Gasteiger partial charge in [0.15, 0.2) is 0 Å². The number of rotatable bonds is 6. The molecule has 7 nitrogen and oxygen atoms in total. The predicted octanol–water partition coefficient (Wildman–Crippen LogP) is 0.545. The first-order valence-electron chi connectivity index (χ1n) is 6.78. The second kappa shape index (κ2) is 7.01. The number of carbonyl (C=O) groups is 2. The Bertz CT molecular complexity index is 566. The number of carboxylic acid groups (broad SMARTS) is 1. The van der Waals surface area contributed by atoms with Crippen LogP contribution in [0.1, 0.15) is 37.2 Å². The summed E-state index contributed by atoms with van der Waals surface area (Å²) >= 11 is 0. The number of nitrogens with zero attached hydrogens (tertiary/aromatic N) is 1. The van der Waals surface area contributed by atoms with Crippen LogP contribution < -0.4 is 11.0 Å². The summed E-state index contributed by atoms with van der Waals surface area (Å²) in [6.07, 6.45) is -0.0600. The van der Waals surface area contributed by atoms with Crippen molar-refractivity contribution in [2.24, 2.45) is 5.92 Å². The summed E-state index contributed by atoms with van der Waals surface area (Å²) in [5, 5.41) is 11.6. The Balaban J connectivity index is 2.81. The monoisotopic (exact) mass is 295 g/mol. The van der Waals surface area contributed by atoms with E-state index < -0.39 is 17.7 Å². The average molecular weight is 295 g/mol. The molecular weight excluding hydrogens is 274 g/mol. The number of amides is 1. The van der Waals surface area contributed by atoms with Crippen molar-refractivity contribution in [3.05, 3.63) is 27.4 Å². The Labute approximate surface area is 122 Å². The zero-order chi connectivity index (χ0) is 16.2. The number of aryl methyl sites for hydroxylation is 2. The third-order valence-corrected chi connectivity index (χ3v) is 3.34. The van der Waals surface area contributed by atoms with Gasteiger partial charge in [0.25, 0.3) is 0 Å². The standard InChI is InChI=1S/C14H21N3O4/c1-7(2)11(6-13(19)20)17-12(18)5-10-8(3)15-14(21)16-9(10)4/h7,11H,5-6H2,1-4H3,(H,17,18)(H,19,20)(H,15,16,21). The number of H-pyrrole nitrogens is 1. The van der Waals surface area contributed by atoms with Crippen LogP contribution in [0.15, 0.2) is 4.79 Å². The zero-order valence-corrected chi connectivity index (χ0v) is 12.7. The summed E-state index contributed by atoms with van der Waals surface area (Å²) in [6.45, 7) is 7.08. The molecule has 0 bridgehead atoms. The molecule has 116 valence electrons. The van der Waals surface area contributed by atoms with Gasteiger partial charge < -0.3 is 15.4 Å². The van der Waals surface area contributed by atoms with E-state index in [1.165, 1.54) is 0 Å². The van der Waals surface area contributed by atoms with E-state index in [0.29, 0.717) is 17.0 Å². The Morgan fingerprint density at radius 1 is 1.33 bits per heavy atom. The third kappa shape index (κ3) is 5.02. The summed E-state index contributed by atoms with van der Waals surface area (Å²) in [7, 11) is 0. The number of aromatic nitrogens is 2. The van der Waals surface area contributed by atoms with Crippen LogP contribution in [0.5, 0.6) is 0 Å². The maximum absolute atomic E-state index is 12.1. The molecule has 21 heavy (non-hydrogen) atoms. The molecule has 1 heterocycles. The van der Waals surface area contributed by atoms with Crippen molar-refractivity contribution in [1.29, 1.82) is 0 Å².